The van der Waals surface area contributed by atoms with Gasteiger partial charge in [-0.2, -0.15) is 0 Å². The summed E-state index contributed by atoms with van der Waals surface area (Å²) in [5.41, 5.74) is 4.20. The molecular weight excluding hydrogens is 300 g/mol. The predicted octanol–water partition coefficient (Wildman–Crippen LogP) is 4.06. The summed E-state index contributed by atoms with van der Waals surface area (Å²) in [6, 6.07) is 11.5. The second kappa shape index (κ2) is 5.66. The average Bonchev–Trinajstić information content (AvgIpc) is 2.83. The predicted molar refractivity (Wildman–Crippen MR) is 87.0 cm³/mol. The first kappa shape index (κ1) is 14.4. The third-order valence-corrected chi connectivity index (χ3v) is 3.55. The Balaban J connectivity index is 2.26. The molecule has 0 radical (unpaired) electrons. The number of halogens is 1. The largest absolute Gasteiger partial charge is 0.478 e. The molecule has 0 unspecified atom stereocenters. The highest BCUT2D eigenvalue weighted by Gasteiger charge is 2.12. The fourth-order valence-electron chi connectivity index (χ4n) is 2.27. The number of carboxylic acid groups (broad SMARTS) is 1. The number of rotatable bonds is 3. The molecule has 1 aromatic carbocycles. The lowest BCUT2D eigenvalue weighted by molar-refractivity contribution is -0.131. The third kappa shape index (κ3) is 2.73. The molecule has 0 fully saturated rings. The molecule has 0 saturated carbocycles. The van der Waals surface area contributed by atoms with Crippen LogP contribution < -0.4 is 0 Å². The Morgan fingerprint density at radius 1 is 1.23 bits per heavy atom. The van der Waals surface area contributed by atoms with Gasteiger partial charge in [-0.3, -0.25) is 4.40 Å². The molecule has 0 saturated heterocycles. The smallest absolute Gasteiger partial charge is 0.328 e. The molecule has 0 aliphatic carbocycles. The summed E-state index contributed by atoms with van der Waals surface area (Å²) in [5, 5.41) is 9.45. The van der Waals surface area contributed by atoms with Gasteiger partial charge < -0.3 is 5.11 Å². The van der Waals surface area contributed by atoms with Gasteiger partial charge in [-0.1, -0.05) is 41.4 Å². The fraction of sp³-hybridized carbons (Fsp3) is 0.0588. The van der Waals surface area contributed by atoms with Crippen LogP contribution in [0.5, 0.6) is 0 Å². The zero-order valence-corrected chi connectivity index (χ0v) is 12.6. The molecule has 4 nitrogen and oxygen atoms in total. The van der Waals surface area contributed by atoms with Gasteiger partial charge in [0.2, 0.25) is 0 Å². The molecule has 0 aliphatic rings. The summed E-state index contributed by atoms with van der Waals surface area (Å²) < 4.78 is 1.79. The van der Waals surface area contributed by atoms with Crippen LogP contribution in [0.4, 0.5) is 0 Å². The number of aliphatic carboxylic acids is 1. The Labute approximate surface area is 132 Å². The van der Waals surface area contributed by atoms with Crippen LogP contribution in [-0.2, 0) is 4.79 Å². The Bertz CT molecular complexity index is 880. The van der Waals surface area contributed by atoms with Crippen molar-refractivity contribution in [1.29, 1.82) is 0 Å². The summed E-state index contributed by atoms with van der Waals surface area (Å²) >= 11 is 6.04. The lowest BCUT2D eigenvalue weighted by Gasteiger charge is -2.01. The van der Waals surface area contributed by atoms with E-state index in [1.807, 2.05) is 31.2 Å². The van der Waals surface area contributed by atoms with Crippen molar-refractivity contribution in [2.45, 2.75) is 6.92 Å². The second-order valence-electron chi connectivity index (χ2n) is 4.96. The van der Waals surface area contributed by atoms with Crippen LogP contribution in [0.15, 0.2) is 48.7 Å². The van der Waals surface area contributed by atoms with Crippen molar-refractivity contribution < 1.29 is 9.90 Å². The van der Waals surface area contributed by atoms with Gasteiger partial charge in [-0.25, -0.2) is 9.78 Å². The van der Waals surface area contributed by atoms with Crippen LogP contribution in [0.2, 0.25) is 5.02 Å². The summed E-state index contributed by atoms with van der Waals surface area (Å²) in [6.45, 7) is 2.01. The molecule has 0 aliphatic heterocycles. The molecule has 110 valence electrons. The third-order valence-electron chi connectivity index (χ3n) is 3.33. The maximum Gasteiger partial charge on any atom is 0.328 e. The van der Waals surface area contributed by atoms with Crippen molar-refractivity contribution in [2.75, 3.05) is 0 Å². The van der Waals surface area contributed by atoms with Crippen LogP contribution in [0.3, 0.4) is 0 Å². The van der Waals surface area contributed by atoms with Crippen molar-refractivity contribution in [2.24, 2.45) is 0 Å². The maximum absolute atomic E-state index is 10.8. The van der Waals surface area contributed by atoms with E-state index < -0.39 is 5.97 Å². The van der Waals surface area contributed by atoms with E-state index in [1.54, 1.807) is 22.7 Å². The molecule has 5 heteroatoms. The number of aromatic nitrogens is 2. The molecule has 3 aromatic rings. The molecule has 0 bridgehead atoms. The number of pyridine rings is 1. The van der Waals surface area contributed by atoms with Crippen molar-refractivity contribution >= 4 is 29.3 Å². The van der Waals surface area contributed by atoms with Crippen LogP contribution in [0, 0.1) is 6.92 Å². The van der Waals surface area contributed by atoms with Crippen LogP contribution >= 0.6 is 11.6 Å². The minimum absolute atomic E-state index is 0.560. The Morgan fingerprint density at radius 2 is 1.95 bits per heavy atom. The number of carbonyl (C=O) groups is 1. The van der Waals surface area contributed by atoms with E-state index >= 15 is 0 Å². The van der Waals surface area contributed by atoms with E-state index in [2.05, 4.69) is 4.98 Å². The lowest BCUT2D eigenvalue weighted by Crippen LogP contribution is -1.91. The van der Waals surface area contributed by atoms with Crippen LogP contribution in [-0.4, -0.2) is 20.5 Å². The zero-order chi connectivity index (χ0) is 15.7. The van der Waals surface area contributed by atoms with Crippen LogP contribution in [0.1, 0.15) is 11.3 Å². The molecular formula is C17H13ClN2O2. The standard InChI is InChI=1S/C17H13ClN2O2/c1-11-2-4-12(5-3-11)17-14(7-9-16(21)22)20-10-13(18)6-8-15(20)19-17/h2-10H,1H3,(H,21,22). The van der Waals surface area contributed by atoms with Gasteiger partial charge in [0.1, 0.15) is 5.65 Å². The number of hydrogen-bond donors (Lipinski definition) is 1. The van der Waals surface area contributed by atoms with E-state index in [0.717, 1.165) is 22.9 Å². The highest BCUT2D eigenvalue weighted by Crippen LogP contribution is 2.27. The number of imidazole rings is 1. The van der Waals surface area contributed by atoms with E-state index in [1.165, 1.54) is 6.08 Å². The van der Waals surface area contributed by atoms with Crippen molar-refractivity contribution in [3.63, 3.8) is 0 Å². The van der Waals surface area contributed by atoms with Gasteiger partial charge >= 0.3 is 5.97 Å². The van der Waals surface area contributed by atoms with Gasteiger partial charge in [0.25, 0.3) is 0 Å². The maximum atomic E-state index is 10.8. The highest BCUT2D eigenvalue weighted by molar-refractivity contribution is 6.30. The number of carboxylic acids is 1. The molecule has 3 rings (SSSR count). The topological polar surface area (TPSA) is 54.6 Å². The Morgan fingerprint density at radius 3 is 2.64 bits per heavy atom. The Kier molecular flexibility index (Phi) is 3.69. The van der Waals surface area contributed by atoms with Crippen molar-refractivity contribution in [3.05, 3.63) is 65.0 Å². The molecule has 0 atom stereocenters. The monoisotopic (exact) mass is 312 g/mol. The van der Waals surface area contributed by atoms with E-state index in [4.69, 9.17) is 16.7 Å². The molecule has 0 spiro atoms. The van der Waals surface area contributed by atoms with Gasteiger partial charge in [0.05, 0.1) is 16.4 Å². The molecule has 2 aromatic heterocycles. The summed E-state index contributed by atoms with van der Waals surface area (Å²) in [7, 11) is 0. The van der Waals surface area contributed by atoms with E-state index in [-0.39, 0.29) is 0 Å². The molecule has 0 amide bonds. The molecule has 1 N–H and O–H groups in total. The average molecular weight is 313 g/mol. The highest BCUT2D eigenvalue weighted by atomic mass is 35.5. The number of nitrogens with zero attached hydrogens (tertiary/aromatic N) is 2. The lowest BCUT2D eigenvalue weighted by atomic mass is 10.1. The first-order valence-electron chi connectivity index (χ1n) is 6.70. The first-order chi connectivity index (χ1) is 10.5. The molecule has 2 heterocycles. The van der Waals surface area contributed by atoms with Gasteiger partial charge in [-0.05, 0) is 25.1 Å². The van der Waals surface area contributed by atoms with Crippen LogP contribution in [0.25, 0.3) is 23.0 Å². The zero-order valence-electron chi connectivity index (χ0n) is 11.8. The number of aryl methyl sites for hydroxylation is 1. The summed E-state index contributed by atoms with van der Waals surface area (Å²) in [4.78, 5) is 15.4. The van der Waals surface area contributed by atoms with E-state index in [0.29, 0.717) is 16.4 Å². The number of benzene rings is 1. The minimum Gasteiger partial charge on any atom is -0.478 e. The van der Waals surface area contributed by atoms with Gasteiger partial charge in [0.15, 0.2) is 0 Å². The first-order valence-corrected chi connectivity index (χ1v) is 7.08. The van der Waals surface area contributed by atoms with Gasteiger partial charge in [-0.15, -0.1) is 0 Å². The Hall–Kier alpha value is -2.59. The summed E-state index contributed by atoms with van der Waals surface area (Å²) in [6.07, 6.45) is 4.36. The second-order valence-corrected chi connectivity index (χ2v) is 5.40. The van der Waals surface area contributed by atoms with E-state index in [9.17, 15) is 4.79 Å². The normalized spacial score (nSPS) is 11.4. The minimum atomic E-state index is -1.01. The van der Waals surface area contributed by atoms with Gasteiger partial charge in [0, 0.05) is 17.8 Å². The molecule has 22 heavy (non-hydrogen) atoms. The quantitative estimate of drug-likeness (QED) is 0.742. The SMILES string of the molecule is Cc1ccc(-c2nc3ccc(Cl)cn3c2C=CC(=O)O)cc1. The number of hydrogen-bond acceptors (Lipinski definition) is 2. The fourth-order valence-corrected chi connectivity index (χ4v) is 2.43. The number of fused-ring (bicyclic) bond motifs is 1. The van der Waals surface area contributed by atoms with Crippen molar-refractivity contribution in [3.8, 4) is 11.3 Å². The summed E-state index contributed by atoms with van der Waals surface area (Å²) in [5.74, 6) is -1.01. The van der Waals surface area contributed by atoms with Crippen molar-refractivity contribution in [1.82, 2.24) is 9.38 Å².